The largest absolute Gasteiger partial charge is 0.366 e. The van der Waals surface area contributed by atoms with Gasteiger partial charge in [-0.05, 0) is 18.9 Å². The predicted octanol–water partition coefficient (Wildman–Crippen LogP) is 1.71. The summed E-state index contributed by atoms with van der Waals surface area (Å²) in [5, 5.41) is 8.59. The summed E-state index contributed by atoms with van der Waals surface area (Å²) in [6.07, 6.45) is 2.36. The monoisotopic (exact) mass is 290 g/mol. The molecule has 3 N–H and O–H groups in total. The van der Waals surface area contributed by atoms with Crippen LogP contribution in [0.3, 0.4) is 0 Å². The van der Waals surface area contributed by atoms with Crippen molar-refractivity contribution in [1.29, 1.82) is 0 Å². The smallest absolute Gasteiger partial charge is 0.266 e. The molecule has 7 heteroatoms. The lowest BCUT2D eigenvalue weighted by Gasteiger charge is -1.97. The lowest BCUT2D eigenvalue weighted by Crippen LogP contribution is -2.12. The minimum atomic E-state index is -0.533. The fraction of sp³-hybridized carbons (Fsp3) is 0.308. The van der Waals surface area contributed by atoms with Crippen LogP contribution in [0.2, 0.25) is 0 Å². The molecule has 0 spiro atoms. The Labute approximate surface area is 119 Å². The van der Waals surface area contributed by atoms with Crippen molar-refractivity contribution in [3.05, 3.63) is 33.6 Å². The van der Waals surface area contributed by atoms with E-state index in [-0.39, 0.29) is 5.91 Å². The van der Waals surface area contributed by atoms with Crippen molar-refractivity contribution in [1.82, 2.24) is 9.78 Å². The van der Waals surface area contributed by atoms with Gasteiger partial charge in [-0.2, -0.15) is 5.10 Å². The van der Waals surface area contributed by atoms with Crippen LogP contribution < -0.4 is 11.1 Å². The van der Waals surface area contributed by atoms with Crippen molar-refractivity contribution in [2.24, 2.45) is 12.8 Å². The average Bonchev–Trinajstić information content (AvgIpc) is 2.98. The number of aryl methyl sites for hydroxylation is 1. The summed E-state index contributed by atoms with van der Waals surface area (Å²) in [7, 11) is 1.87. The number of amides is 2. The van der Waals surface area contributed by atoms with Gasteiger partial charge in [0.1, 0.15) is 0 Å². The number of hydrogen-bond donors (Lipinski definition) is 2. The SMILES string of the molecule is Cn1nc(NC(=O)c2cc(C(N)=O)cs2)cc1C1CC1. The first kappa shape index (κ1) is 12.9. The number of nitrogens with zero attached hydrogens (tertiary/aromatic N) is 2. The Kier molecular flexibility index (Phi) is 3.06. The van der Waals surface area contributed by atoms with Crippen molar-refractivity contribution in [2.75, 3.05) is 5.32 Å². The maximum atomic E-state index is 12.1. The fourth-order valence-corrected chi connectivity index (χ4v) is 2.86. The summed E-state index contributed by atoms with van der Waals surface area (Å²) in [4.78, 5) is 23.5. The number of nitrogens with two attached hydrogens (primary N) is 1. The first-order valence-corrected chi connectivity index (χ1v) is 7.16. The molecule has 0 unspecified atom stereocenters. The maximum Gasteiger partial charge on any atom is 0.266 e. The van der Waals surface area contributed by atoms with Gasteiger partial charge in [0.05, 0.1) is 10.4 Å². The molecule has 2 heterocycles. The van der Waals surface area contributed by atoms with Gasteiger partial charge in [0.2, 0.25) is 5.91 Å². The summed E-state index contributed by atoms with van der Waals surface area (Å²) in [5.74, 6) is 0.298. The molecule has 0 aromatic carbocycles. The fourth-order valence-electron chi connectivity index (χ4n) is 2.07. The van der Waals surface area contributed by atoms with Crippen LogP contribution in [0.25, 0.3) is 0 Å². The second-order valence-electron chi connectivity index (χ2n) is 4.87. The van der Waals surface area contributed by atoms with Gasteiger partial charge >= 0.3 is 0 Å². The Hall–Kier alpha value is -2.15. The molecule has 0 bridgehead atoms. The number of nitrogens with one attached hydrogen (secondary N) is 1. The number of carbonyl (C=O) groups is 2. The summed E-state index contributed by atoms with van der Waals surface area (Å²) in [5.41, 5.74) is 6.65. The topological polar surface area (TPSA) is 90.0 Å². The second kappa shape index (κ2) is 4.75. The third-order valence-electron chi connectivity index (χ3n) is 3.26. The Bertz CT molecular complexity index is 684. The van der Waals surface area contributed by atoms with E-state index in [1.54, 1.807) is 10.1 Å². The molecular weight excluding hydrogens is 276 g/mol. The number of hydrogen-bond acceptors (Lipinski definition) is 4. The predicted molar refractivity (Wildman–Crippen MR) is 76.0 cm³/mol. The molecule has 0 saturated heterocycles. The molecule has 6 nitrogen and oxygen atoms in total. The summed E-state index contributed by atoms with van der Waals surface area (Å²) in [6, 6.07) is 3.39. The zero-order valence-electron chi connectivity index (χ0n) is 10.9. The van der Waals surface area contributed by atoms with E-state index in [9.17, 15) is 9.59 Å². The number of primary amides is 1. The van der Waals surface area contributed by atoms with E-state index in [4.69, 9.17) is 5.73 Å². The highest BCUT2D eigenvalue weighted by Gasteiger charge is 2.27. The van der Waals surface area contributed by atoms with Crippen molar-refractivity contribution >= 4 is 29.0 Å². The third-order valence-corrected chi connectivity index (χ3v) is 4.19. The highest BCUT2D eigenvalue weighted by molar-refractivity contribution is 7.12. The summed E-state index contributed by atoms with van der Waals surface area (Å²) < 4.78 is 1.80. The zero-order valence-corrected chi connectivity index (χ0v) is 11.7. The number of aromatic nitrogens is 2. The van der Waals surface area contributed by atoms with E-state index >= 15 is 0 Å². The Morgan fingerprint density at radius 2 is 2.20 bits per heavy atom. The normalized spacial score (nSPS) is 14.2. The minimum absolute atomic E-state index is 0.275. The molecule has 2 aromatic rings. The van der Waals surface area contributed by atoms with E-state index in [1.165, 1.54) is 30.2 Å². The van der Waals surface area contributed by atoms with Crippen LogP contribution in [0.4, 0.5) is 5.82 Å². The Balaban J connectivity index is 1.74. The first-order valence-electron chi connectivity index (χ1n) is 6.28. The second-order valence-corrected chi connectivity index (χ2v) is 5.78. The average molecular weight is 290 g/mol. The van der Waals surface area contributed by atoms with Crippen molar-refractivity contribution < 1.29 is 9.59 Å². The Morgan fingerprint density at radius 1 is 1.45 bits per heavy atom. The van der Waals surface area contributed by atoms with Crippen LogP contribution in [-0.2, 0) is 7.05 Å². The van der Waals surface area contributed by atoms with Crippen LogP contribution in [0.1, 0.15) is 44.5 Å². The molecule has 1 aliphatic carbocycles. The molecule has 1 aliphatic rings. The quantitative estimate of drug-likeness (QED) is 0.898. The molecule has 3 rings (SSSR count). The zero-order chi connectivity index (χ0) is 14.3. The maximum absolute atomic E-state index is 12.1. The number of rotatable bonds is 4. The molecule has 1 fully saturated rings. The van der Waals surface area contributed by atoms with E-state index < -0.39 is 5.91 Å². The van der Waals surface area contributed by atoms with Gasteiger partial charge in [-0.25, -0.2) is 0 Å². The number of thiophene rings is 1. The van der Waals surface area contributed by atoms with Crippen LogP contribution in [0.15, 0.2) is 17.5 Å². The van der Waals surface area contributed by atoms with Gasteiger partial charge in [-0.15, -0.1) is 11.3 Å². The minimum Gasteiger partial charge on any atom is -0.366 e. The lowest BCUT2D eigenvalue weighted by atomic mass is 10.3. The highest BCUT2D eigenvalue weighted by Crippen LogP contribution is 2.40. The van der Waals surface area contributed by atoms with Crippen LogP contribution in [0, 0.1) is 0 Å². The number of anilines is 1. The van der Waals surface area contributed by atoms with Crippen molar-refractivity contribution in [2.45, 2.75) is 18.8 Å². The Morgan fingerprint density at radius 3 is 2.80 bits per heavy atom. The van der Waals surface area contributed by atoms with Gasteiger partial charge in [0.25, 0.3) is 5.91 Å². The molecule has 2 amide bonds. The molecular formula is C13H14N4O2S. The van der Waals surface area contributed by atoms with Gasteiger partial charge < -0.3 is 11.1 Å². The molecule has 1 saturated carbocycles. The molecule has 0 radical (unpaired) electrons. The molecule has 20 heavy (non-hydrogen) atoms. The third kappa shape index (κ3) is 2.44. The lowest BCUT2D eigenvalue weighted by molar-refractivity contribution is 0.100. The standard InChI is InChI=1S/C13H14N4O2S/c1-17-9(7-2-3-7)5-11(16-17)15-13(19)10-4-8(6-20-10)12(14)18/h4-7H,2-3H2,1H3,(H2,14,18)(H,15,16,19). The van der Waals surface area contributed by atoms with Crippen molar-refractivity contribution in [3.63, 3.8) is 0 Å². The van der Waals surface area contributed by atoms with Gasteiger partial charge in [0.15, 0.2) is 5.82 Å². The van der Waals surface area contributed by atoms with E-state index in [0.29, 0.717) is 22.2 Å². The van der Waals surface area contributed by atoms with E-state index in [1.807, 2.05) is 13.1 Å². The van der Waals surface area contributed by atoms with E-state index in [2.05, 4.69) is 10.4 Å². The number of carbonyl (C=O) groups excluding carboxylic acids is 2. The van der Waals surface area contributed by atoms with Crippen LogP contribution in [0.5, 0.6) is 0 Å². The molecule has 0 aliphatic heterocycles. The molecule has 2 aromatic heterocycles. The first-order chi connectivity index (χ1) is 9.54. The highest BCUT2D eigenvalue weighted by atomic mass is 32.1. The van der Waals surface area contributed by atoms with Gasteiger partial charge in [-0.3, -0.25) is 14.3 Å². The van der Waals surface area contributed by atoms with Crippen LogP contribution >= 0.6 is 11.3 Å². The van der Waals surface area contributed by atoms with Crippen LogP contribution in [-0.4, -0.2) is 21.6 Å². The summed E-state index contributed by atoms with van der Waals surface area (Å²) >= 11 is 1.19. The molecule has 0 atom stereocenters. The molecule has 104 valence electrons. The van der Waals surface area contributed by atoms with Gasteiger partial charge in [0, 0.05) is 30.1 Å². The van der Waals surface area contributed by atoms with E-state index in [0.717, 1.165) is 5.69 Å². The van der Waals surface area contributed by atoms with Gasteiger partial charge in [-0.1, -0.05) is 0 Å². The van der Waals surface area contributed by atoms with Crippen molar-refractivity contribution in [3.8, 4) is 0 Å². The summed E-state index contributed by atoms with van der Waals surface area (Å²) in [6.45, 7) is 0.